The quantitative estimate of drug-likeness (QED) is 0.737. The highest BCUT2D eigenvalue weighted by Gasteiger charge is 2.21. The van der Waals surface area contributed by atoms with Crippen molar-refractivity contribution in [2.24, 2.45) is 5.73 Å². The van der Waals surface area contributed by atoms with Crippen molar-refractivity contribution in [2.75, 3.05) is 6.54 Å². The Bertz CT molecular complexity index is 772. The van der Waals surface area contributed by atoms with Gasteiger partial charge in [-0.2, -0.15) is 0 Å². The molecular formula is C16H15ClN2O3. The van der Waals surface area contributed by atoms with Crippen molar-refractivity contribution in [1.29, 1.82) is 0 Å². The molecule has 0 atom stereocenters. The number of benzene rings is 2. The lowest BCUT2D eigenvalue weighted by Crippen LogP contribution is -2.24. The van der Waals surface area contributed by atoms with Crippen LogP contribution in [0.15, 0.2) is 36.9 Å². The van der Waals surface area contributed by atoms with Crippen LogP contribution >= 0.6 is 11.6 Å². The third kappa shape index (κ3) is 2.89. The highest BCUT2D eigenvalue weighted by atomic mass is 35.5. The summed E-state index contributed by atoms with van der Waals surface area (Å²) in [5, 5.41) is 14.3. The molecule has 0 spiro atoms. The molecule has 0 aliphatic rings. The molecule has 2 rings (SSSR count). The van der Waals surface area contributed by atoms with Crippen molar-refractivity contribution in [3.63, 3.8) is 0 Å². The fourth-order valence-electron chi connectivity index (χ4n) is 2.31. The largest absolute Gasteiger partial charge is 0.506 e. The molecule has 2 amide bonds. The molecule has 22 heavy (non-hydrogen) atoms. The van der Waals surface area contributed by atoms with E-state index < -0.39 is 5.91 Å². The third-order valence-corrected chi connectivity index (χ3v) is 3.76. The molecule has 4 N–H and O–H groups in total. The number of nitrogens with one attached hydrogen (secondary N) is 1. The van der Waals surface area contributed by atoms with E-state index in [0.717, 1.165) is 6.08 Å². The van der Waals surface area contributed by atoms with Gasteiger partial charge in [0.2, 0.25) is 5.91 Å². The van der Waals surface area contributed by atoms with Crippen LogP contribution in [0.2, 0.25) is 5.02 Å². The summed E-state index contributed by atoms with van der Waals surface area (Å²) in [5.74, 6) is -1.30. The van der Waals surface area contributed by atoms with Crippen LogP contribution in [0.3, 0.4) is 0 Å². The second-order valence-electron chi connectivity index (χ2n) is 4.67. The average Bonchev–Trinajstić information content (AvgIpc) is 2.51. The zero-order valence-corrected chi connectivity index (χ0v) is 12.5. The molecule has 5 nitrogen and oxygen atoms in total. The maximum atomic E-state index is 11.7. The first-order valence-electron chi connectivity index (χ1n) is 6.59. The van der Waals surface area contributed by atoms with Gasteiger partial charge in [0.05, 0.1) is 10.6 Å². The summed E-state index contributed by atoms with van der Waals surface area (Å²) in [6.07, 6.45) is 1.41. The van der Waals surface area contributed by atoms with Gasteiger partial charge in [0.15, 0.2) is 0 Å². The van der Waals surface area contributed by atoms with Gasteiger partial charge in [-0.25, -0.2) is 0 Å². The Morgan fingerprint density at radius 2 is 1.95 bits per heavy atom. The Balaban J connectivity index is 2.53. The maximum Gasteiger partial charge on any atom is 0.252 e. The van der Waals surface area contributed by atoms with Gasteiger partial charge in [-0.1, -0.05) is 42.4 Å². The molecule has 6 heteroatoms. The Kier molecular flexibility index (Phi) is 4.68. The van der Waals surface area contributed by atoms with Crippen molar-refractivity contribution < 1.29 is 14.7 Å². The number of rotatable bonds is 5. The van der Waals surface area contributed by atoms with Crippen LogP contribution in [0.4, 0.5) is 0 Å². The number of nitrogens with two attached hydrogens (primary N) is 1. The Labute approximate surface area is 132 Å². The highest BCUT2D eigenvalue weighted by molar-refractivity contribution is 6.37. The number of hydrogen-bond acceptors (Lipinski definition) is 3. The number of amides is 2. The summed E-state index contributed by atoms with van der Waals surface area (Å²) in [5.41, 5.74) is 5.77. The summed E-state index contributed by atoms with van der Waals surface area (Å²) >= 11 is 6.36. The molecular weight excluding hydrogens is 304 g/mol. The first-order chi connectivity index (χ1) is 10.5. The molecule has 0 aliphatic carbocycles. The summed E-state index contributed by atoms with van der Waals surface area (Å²) in [6, 6.07) is 6.91. The summed E-state index contributed by atoms with van der Waals surface area (Å²) in [6.45, 7) is 3.59. The average molecular weight is 319 g/mol. The van der Waals surface area contributed by atoms with E-state index in [1.54, 1.807) is 24.3 Å². The van der Waals surface area contributed by atoms with Crippen LogP contribution in [-0.2, 0) is 11.2 Å². The monoisotopic (exact) mass is 318 g/mol. The molecule has 114 valence electrons. The molecule has 0 fully saturated rings. The highest BCUT2D eigenvalue weighted by Crippen LogP contribution is 2.38. The second kappa shape index (κ2) is 6.49. The van der Waals surface area contributed by atoms with Gasteiger partial charge < -0.3 is 16.2 Å². The van der Waals surface area contributed by atoms with Gasteiger partial charge in [-0.3, -0.25) is 9.59 Å². The Hall–Kier alpha value is -2.53. The molecule has 0 bridgehead atoms. The molecule has 0 saturated heterocycles. The first-order valence-corrected chi connectivity index (χ1v) is 6.97. The number of primary amides is 1. The van der Waals surface area contributed by atoms with Crippen molar-refractivity contribution in [3.8, 4) is 5.75 Å². The summed E-state index contributed by atoms with van der Waals surface area (Å²) in [7, 11) is 0. The maximum absolute atomic E-state index is 11.7. The topological polar surface area (TPSA) is 92.4 Å². The molecule has 0 unspecified atom stereocenters. The molecule has 0 aromatic heterocycles. The number of aromatic hydroxyl groups is 1. The molecule has 0 saturated carbocycles. The molecule has 0 aliphatic heterocycles. The van der Waals surface area contributed by atoms with E-state index in [0.29, 0.717) is 21.4 Å². The molecule has 2 aromatic carbocycles. The number of fused-ring (bicyclic) bond motifs is 1. The Morgan fingerprint density at radius 1 is 1.32 bits per heavy atom. The fraction of sp³-hybridized carbons (Fsp3) is 0.125. The number of carbonyl (C=O) groups is 2. The summed E-state index contributed by atoms with van der Waals surface area (Å²) < 4.78 is 0. The van der Waals surface area contributed by atoms with Crippen LogP contribution in [0.25, 0.3) is 10.8 Å². The van der Waals surface area contributed by atoms with Crippen LogP contribution < -0.4 is 11.1 Å². The van der Waals surface area contributed by atoms with E-state index in [1.807, 2.05) is 0 Å². The molecule has 2 aromatic rings. The number of carbonyl (C=O) groups excluding carboxylic acids is 2. The van der Waals surface area contributed by atoms with Gasteiger partial charge in [-0.15, -0.1) is 0 Å². The third-order valence-electron chi connectivity index (χ3n) is 3.33. The van der Waals surface area contributed by atoms with Crippen molar-refractivity contribution >= 4 is 34.2 Å². The lowest BCUT2D eigenvalue weighted by atomic mass is 9.96. The smallest absolute Gasteiger partial charge is 0.252 e. The van der Waals surface area contributed by atoms with E-state index in [2.05, 4.69) is 11.9 Å². The number of halogens is 1. The zero-order valence-electron chi connectivity index (χ0n) is 11.7. The van der Waals surface area contributed by atoms with Crippen molar-refractivity contribution in [3.05, 3.63) is 53.1 Å². The van der Waals surface area contributed by atoms with Gasteiger partial charge in [0.25, 0.3) is 5.91 Å². The minimum absolute atomic E-state index is 0.0171. The Morgan fingerprint density at radius 3 is 2.55 bits per heavy atom. The van der Waals surface area contributed by atoms with Crippen molar-refractivity contribution in [1.82, 2.24) is 5.32 Å². The zero-order chi connectivity index (χ0) is 16.3. The van der Waals surface area contributed by atoms with Crippen LogP contribution in [0, 0.1) is 0 Å². The van der Waals surface area contributed by atoms with Gasteiger partial charge in [-0.05, 0) is 18.1 Å². The van der Waals surface area contributed by atoms with Crippen LogP contribution in [0.5, 0.6) is 5.75 Å². The predicted octanol–water partition coefficient (Wildman–Crippen LogP) is 2.14. The number of phenols is 1. The van der Waals surface area contributed by atoms with Gasteiger partial charge in [0.1, 0.15) is 5.75 Å². The van der Waals surface area contributed by atoms with Crippen LogP contribution in [-0.4, -0.2) is 23.5 Å². The fourth-order valence-corrected chi connectivity index (χ4v) is 2.67. The normalized spacial score (nSPS) is 10.4. The van der Waals surface area contributed by atoms with Gasteiger partial charge in [0, 0.05) is 17.3 Å². The first kappa shape index (κ1) is 15.9. The minimum Gasteiger partial charge on any atom is -0.506 e. The summed E-state index contributed by atoms with van der Waals surface area (Å²) in [4.78, 5) is 22.9. The lowest BCUT2D eigenvalue weighted by molar-refractivity contribution is -0.116. The van der Waals surface area contributed by atoms with E-state index in [9.17, 15) is 14.7 Å². The molecule has 0 radical (unpaired) electrons. The minimum atomic E-state index is -0.768. The van der Waals surface area contributed by atoms with E-state index in [4.69, 9.17) is 17.3 Å². The van der Waals surface area contributed by atoms with E-state index >= 15 is 0 Å². The van der Waals surface area contributed by atoms with Crippen LogP contribution in [0.1, 0.15) is 15.9 Å². The second-order valence-corrected chi connectivity index (χ2v) is 5.05. The standard InChI is InChI=1S/C16H15ClN2O3/c1-2-12(20)19-8-7-11-13(16(18)22)15(21)10-6-4-3-5-9(10)14(11)17/h2-6,21H,1,7-8H2,(H2,18,22)(H,19,20). The van der Waals surface area contributed by atoms with E-state index in [-0.39, 0.29) is 30.2 Å². The van der Waals surface area contributed by atoms with E-state index in [1.165, 1.54) is 0 Å². The molecule has 0 heterocycles. The van der Waals surface area contributed by atoms with Crippen molar-refractivity contribution in [2.45, 2.75) is 6.42 Å². The number of hydrogen-bond donors (Lipinski definition) is 3. The predicted molar refractivity (Wildman–Crippen MR) is 86.1 cm³/mol. The lowest BCUT2D eigenvalue weighted by Gasteiger charge is -2.15. The van der Waals surface area contributed by atoms with Gasteiger partial charge >= 0.3 is 0 Å². The SMILES string of the molecule is C=CC(=O)NCCc1c(C(N)=O)c(O)c2ccccc2c1Cl.